The van der Waals surface area contributed by atoms with Crippen LogP contribution < -0.4 is 5.32 Å². The van der Waals surface area contributed by atoms with Crippen LogP contribution in [-0.2, 0) is 20.7 Å². The molecule has 0 unspecified atom stereocenters. The smallest absolute Gasteiger partial charge is 0.335 e. The molecule has 1 heterocycles. The molecule has 0 bridgehead atoms. The van der Waals surface area contributed by atoms with Crippen LogP contribution in [0.5, 0.6) is 5.75 Å². The van der Waals surface area contributed by atoms with Gasteiger partial charge in [-0.2, -0.15) is 5.26 Å². The van der Waals surface area contributed by atoms with Crippen molar-refractivity contribution >= 4 is 21.9 Å². The molecule has 0 atom stereocenters. The van der Waals surface area contributed by atoms with Crippen molar-refractivity contribution in [1.29, 1.82) is 5.26 Å². The van der Waals surface area contributed by atoms with E-state index in [9.17, 15) is 23.6 Å². The van der Waals surface area contributed by atoms with Gasteiger partial charge in [0, 0.05) is 37.3 Å². The Morgan fingerprint density at radius 1 is 1.03 bits per heavy atom. The third kappa shape index (κ3) is 8.65. The average Bonchev–Trinajstić information content (AvgIpc) is 2.84. The fourth-order valence-electron chi connectivity index (χ4n) is 4.08. The number of carboxylic acid groups (broad SMARTS) is 1. The number of sulfone groups is 1. The number of piperazine rings is 1. The SMILES string of the molecule is CC(C)(C)c1cc(/C=C(\CC#N)S(=O)(=O)c2ccc(C(=O)O)cc2)cc(C(C)(C)C)c1O.CN1CCNCC1. The van der Waals surface area contributed by atoms with E-state index in [2.05, 4.69) is 17.3 Å². The van der Waals surface area contributed by atoms with Crippen LogP contribution in [0.1, 0.15) is 75.0 Å². The topological polar surface area (TPSA) is 131 Å². The van der Waals surface area contributed by atoms with Crippen LogP contribution in [-0.4, -0.2) is 62.7 Å². The van der Waals surface area contributed by atoms with Crippen molar-refractivity contribution in [3.63, 3.8) is 0 Å². The molecule has 1 aliphatic rings. The van der Waals surface area contributed by atoms with Crippen molar-refractivity contribution in [3.8, 4) is 11.8 Å². The van der Waals surface area contributed by atoms with Gasteiger partial charge in [-0.25, -0.2) is 13.2 Å². The molecule has 1 fully saturated rings. The molecule has 0 radical (unpaired) electrons. The molecule has 0 aromatic heterocycles. The first-order valence-electron chi connectivity index (χ1n) is 12.9. The van der Waals surface area contributed by atoms with Crippen molar-refractivity contribution in [2.75, 3.05) is 33.2 Å². The third-order valence-corrected chi connectivity index (χ3v) is 8.27. The van der Waals surface area contributed by atoms with Crippen LogP contribution in [0.2, 0.25) is 0 Å². The molecule has 3 N–H and O–H groups in total. The molecule has 0 aliphatic carbocycles. The first-order chi connectivity index (χ1) is 18.0. The number of nitrogens with one attached hydrogen (secondary N) is 1. The second kappa shape index (κ2) is 12.8. The van der Waals surface area contributed by atoms with E-state index >= 15 is 0 Å². The number of allylic oxidation sites excluding steroid dienone is 1. The molecule has 39 heavy (non-hydrogen) atoms. The van der Waals surface area contributed by atoms with E-state index in [1.165, 1.54) is 43.4 Å². The van der Waals surface area contributed by atoms with Gasteiger partial charge in [-0.3, -0.25) is 0 Å². The molecule has 0 spiro atoms. The number of aromatic carboxylic acids is 1. The lowest BCUT2D eigenvalue weighted by atomic mass is 9.78. The van der Waals surface area contributed by atoms with Crippen LogP contribution in [0, 0.1) is 11.3 Å². The van der Waals surface area contributed by atoms with Crippen molar-refractivity contribution in [1.82, 2.24) is 10.2 Å². The fraction of sp³-hybridized carbons (Fsp3) is 0.467. The second-order valence-electron chi connectivity index (χ2n) is 11.8. The lowest BCUT2D eigenvalue weighted by Crippen LogP contribution is -2.40. The predicted molar refractivity (Wildman–Crippen MR) is 155 cm³/mol. The van der Waals surface area contributed by atoms with Crippen molar-refractivity contribution in [2.45, 2.75) is 63.7 Å². The molecular formula is C30H41N3O5S. The Hall–Kier alpha value is -3.19. The van der Waals surface area contributed by atoms with Crippen LogP contribution in [0.25, 0.3) is 6.08 Å². The summed E-state index contributed by atoms with van der Waals surface area (Å²) in [6, 6.07) is 10.3. The third-order valence-electron chi connectivity index (χ3n) is 6.43. The number of carboxylic acids is 1. The first kappa shape index (κ1) is 32.0. The molecular weight excluding hydrogens is 514 g/mol. The average molecular weight is 556 g/mol. The molecule has 212 valence electrons. The highest BCUT2D eigenvalue weighted by Gasteiger charge is 2.27. The largest absolute Gasteiger partial charge is 0.507 e. The zero-order valence-corrected chi connectivity index (χ0v) is 24.8. The Kier molecular flexibility index (Phi) is 10.5. The van der Waals surface area contributed by atoms with E-state index in [0.29, 0.717) is 16.7 Å². The van der Waals surface area contributed by atoms with E-state index in [0.717, 1.165) is 13.1 Å². The summed E-state index contributed by atoms with van der Waals surface area (Å²) >= 11 is 0. The summed E-state index contributed by atoms with van der Waals surface area (Å²) in [5.74, 6) is -0.980. The molecule has 2 aromatic carbocycles. The summed E-state index contributed by atoms with van der Waals surface area (Å²) in [6.07, 6.45) is 1.10. The number of phenols is 1. The van der Waals surface area contributed by atoms with Crippen molar-refractivity contribution in [3.05, 3.63) is 63.6 Å². The number of phenolic OH excluding ortho intramolecular Hbond substituents is 1. The van der Waals surface area contributed by atoms with Crippen molar-refractivity contribution in [2.24, 2.45) is 0 Å². The molecule has 0 saturated carbocycles. The highest BCUT2D eigenvalue weighted by Crippen LogP contribution is 2.40. The molecule has 3 rings (SSSR count). The minimum absolute atomic E-state index is 0.0297. The molecule has 2 aromatic rings. The lowest BCUT2D eigenvalue weighted by molar-refractivity contribution is 0.0696. The number of rotatable bonds is 5. The summed E-state index contributed by atoms with van der Waals surface area (Å²) in [6.45, 7) is 16.5. The highest BCUT2D eigenvalue weighted by atomic mass is 32.2. The Balaban J connectivity index is 0.000000658. The lowest BCUT2D eigenvalue weighted by Gasteiger charge is -2.28. The van der Waals surface area contributed by atoms with Gasteiger partial charge in [0.05, 0.1) is 27.9 Å². The normalized spacial score (nSPS) is 15.2. The Bertz CT molecular complexity index is 1300. The summed E-state index contributed by atoms with van der Waals surface area (Å²) < 4.78 is 26.4. The van der Waals surface area contributed by atoms with E-state index in [1.54, 1.807) is 12.1 Å². The maximum Gasteiger partial charge on any atom is 0.335 e. The highest BCUT2D eigenvalue weighted by molar-refractivity contribution is 7.95. The molecule has 0 amide bonds. The van der Waals surface area contributed by atoms with Gasteiger partial charge < -0.3 is 20.4 Å². The minimum atomic E-state index is -4.03. The standard InChI is InChI=1S/C25H29NO5S.C5H12N2/c1-24(2,3)20-14-16(15-21(22(20)27)25(4,5)6)13-19(11-12-26)32(30,31)18-9-7-17(8-10-18)23(28)29;1-7-4-2-6-3-5-7/h7-10,13-15,27H,11H2,1-6H3,(H,28,29);6H,2-5H2,1H3/b19-13+;. The Labute approximate surface area is 232 Å². The zero-order valence-electron chi connectivity index (χ0n) is 24.0. The minimum Gasteiger partial charge on any atom is -0.507 e. The quantitative estimate of drug-likeness (QED) is 0.473. The van der Waals surface area contributed by atoms with Gasteiger partial charge in [-0.15, -0.1) is 0 Å². The second-order valence-corrected chi connectivity index (χ2v) is 13.8. The van der Waals surface area contributed by atoms with Gasteiger partial charge in [-0.1, -0.05) is 41.5 Å². The zero-order chi connectivity index (χ0) is 29.6. The predicted octanol–water partition coefficient (Wildman–Crippen LogP) is 4.94. The van der Waals surface area contributed by atoms with Crippen LogP contribution in [0.3, 0.4) is 0 Å². The number of nitrogens with zero attached hydrogens (tertiary/aromatic N) is 2. The Morgan fingerprint density at radius 2 is 1.51 bits per heavy atom. The number of benzene rings is 2. The van der Waals surface area contributed by atoms with Gasteiger partial charge >= 0.3 is 5.97 Å². The maximum absolute atomic E-state index is 13.2. The van der Waals surface area contributed by atoms with Crippen molar-refractivity contribution < 1.29 is 23.4 Å². The van der Waals surface area contributed by atoms with Gasteiger partial charge in [-0.05, 0) is 65.9 Å². The first-order valence-corrected chi connectivity index (χ1v) is 14.4. The molecule has 1 saturated heterocycles. The monoisotopic (exact) mass is 555 g/mol. The van der Waals surface area contributed by atoms with E-state index in [1.807, 2.05) is 47.6 Å². The number of nitriles is 1. The molecule has 1 aliphatic heterocycles. The summed E-state index contributed by atoms with van der Waals surface area (Å²) in [5.41, 5.74) is 1.10. The summed E-state index contributed by atoms with van der Waals surface area (Å²) in [5, 5.41) is 32.5. The van der Waals surface area contributed by atoms with Gasteiger partial charge in [0.25, 0.3) is 0 Å². The Morgan fingerprint density at radius 3 is 1.87 bits per heavy atom. The molecule has 8 nitrogen and oxygen atoms in total. The van der Waals surface area contributed by atoms with Crippen LogP contribution in [0.15, 0.2) is 46.2 Å². The van der Waals surface area contributed by atoms with Crippen LogP contribution >= 0.6 is 0 Å². The molecule has 9 heteroatoms. The van der Waals surface area contributed by atoms with E-state index < -0.39 is 26.6 Å². The van der Waals surface area contributed by atoms with Gasteiger partial charge in [0.1, 0.15) is 5.75 Å². The fourth-order valence-corrected chi connectivity index (χ4v) is 5.42. The maximum atomic E-state index is 13.2. The summed E-state index contributed by atoms with van der Waals surface area (Å²) in [7, 11) is -1.87. The van der Waals surface area contributed by atoms with E-state index in [-0.39, 0.29) is 27.5 Å². The number of likely N-dealkylation sites (N-methyl/N-ethyl adjacent to an activating group) is 1. The van der Waals surface area contributed by atoms with Gasteiger partial charge in [0.15, 0.2) is 0 Å². The summed E-state index contributed by atoms with van der Waals surface area (Å²) in [4.78, 5) is 13.2. The number of carbonyl (C=O) groups is 1. The van der Waals surface area contributed by atoms with E-state index in [4.69, 9.17) is 5.11 Å². The number of aromatic hydroxyl groups is 1. The van der Waals surface area contributed by atoms with Crippen LogP contribution in [0.4, 0.5) is 0 Å². The number of hydrogen-bond donors (Lipinski definition) is 3. The number of hydrogen-bond acceptors (Lipinski definition) is 7. The van der Waals surface area contributed by atoms with Gasteiger partial charge in [0.2, 0.25) is 9.84 Å².